The van der Waals surface area contributed by atoms with Crippen molar-refractivity contribution in [1.29, 1.82) is 0 Å². The van der Waals surface area contributed by atoms with Gasteiger partial charge in [-0.15, -0.1) is 0 Å². The maximum atomic E-state index is 12.6. The van der Waals surface area contributed by atoms with Crippen molar-refractivity contribution >= 4 is 21.6 Å². The number of rotatable bonds is 3. The lowest BCUT2D eigenvalue weighted by Gasteiger charge is -2.26. The van der Waals surface area contributed by atoms with E-state index in [4.69, 9.17) is 0 Å². The summed E-state index contributed by atoms with van der Waals surface area (Å²) >= 11 is 0. The lowest BCUT2D eigenvalue weighted by atomic mass is 10.2. The second-order valence-electron chi connectivity index (χ2n) is 4.59. The average Bonchev–Trinajstić information content (AvgIpc) is 2.45. The molecule has 0 saturated carbocycles. The molecule has 0 unspecified atom stereocenters. The summed E-state index contributed by atoms with van der Waals surface area (Å²) in [5, 5.41) is 13.6. The SMILES string of the molecule is O=C1CNCCN1S(=O)(=O)c1ccc(C(F)(F)F)cc1[N+](=O)[O-]. The van der Waals surface area contributed by atoms with Gasteiger partial charge < -0.3 is 5.32 Å². The molecule has 1 saturated heterocycles. The van der Waals surface area contributed by atoms with E-state index in [2.05, 4.69) is 5.32 Å². The zero-order chi connectivity index (χ0) is 17.4. The Labute approximate surface area is 128 Å². The number of hydrogen-bond donors (Lipinski definition) is 1. The number of sulfonamides is 1. The van der Waals surface area contributed by atoms with E-state index in [1.54, 1.807) is 0 Å². The first-order chi connectivity index (χ1) is 10.5. The molecule has 0 aliphatic carbocycles. The highest BCUT2D eigenvalue weighted by atomic mass is 32.2. The Morgan fingerprint density at radius 1 is 1.30 bits per heavy atom. The fourth-order valence-corrected chi connectivity index (χ4v) is 3.56. The molecule has 0 bridgehead atoms. The second kappa shape index (κ2) is 5.77. The number of hydrogen-bond acceptors (Lipinski definition) is 6. The number of nitrogens with zero attached hydrogens (tertiary/aromatic N) is 2. The zero-order valence-corrected chi connectivity index (χ0v) is 12.1. The van der Waals surface area contributed by atoms with Gasteiger partial charge in [0.2, 0.25) is 5.91 Å². The van der Waals surface area contributed by atoms with Gasteiger partial charge in [-0.25, -0.2) is 12.7 Å². The highest BCUT2D eigenvalue weighted by molar-refractivity contribution is 7.89. The monoisotopic (exact) mass is 353 g/mol. The van der Waals surface area contributed by atoms with E-state index >= 15 is 0 Å². The van der Waals surface area contributed by atoms with Crippen LogP contribution in [-0.4, -0.2) is 43.2 Å². The van der Waals surface area contributed by atoms with Crippen LogP contribution in [0.2, 0.25) is 0 Å². The van der Waals surface area contributed by atoms with E-state index in [0.717, 1.165) is 0 Å². The summed E-state index contributed by atoms with van der Waals surface area (Å²) < 4.78 is 63.1. The van der Waals surface area contributed by atoms with E-state index in [9.17, 15) is 36.5 Å². The number of amides is 1. The van der Waals surface area contributed by atoms with Crippen molar-refractivity contribution in [2.75, 3.05) is 19.6 Å². The number of nitrogens with one attached hydrogen (secondary N) is 1. The molecule has 0 aromatic heterocycles. The van der Waals surface area contributed by atoms with Gasteiger partial charge in [-0.3, -0.25) is 14.9 Å². The molecule has 1 aliphatic heterocycles. The van der Waals surface area contributed by atoms with Crippen LogP contribution < -0.4 is 5.32 Å². The van der Waals surface area contributed by atoms with Crippen LogP contribution in [0, 0.1) is 10.1 Å². The molecule has 2 rings (SSSR count). The normalized spacial score (nSPS) is 16.5. The standard InChI is InChI=1S/C11H10F3N3O5S/c12-11(13,14)7-1-2-9(8(5-7)17(19)20)23(21,22)16-4-3-15-6-10(16)18/h1-2,5,15H,3-4,6H2. The first kappa shape index (κ1) is 17.1. The topological polar surface area (TPSA) is 110 Å². The maximum absolute atomic E-state index is 12.6. The maximum Gasteiger partial charge on any atom is 0.416 e. The summed E-state index contributed by atoms with van der Waals surface area (Å²) in [5.41, 5.74) is -2.58. The van der Waals surface area contributed by atoms with Crippen LogP contribution in [0.5, 0.6) is 0 Å². The van der Waals surface area contributed by atoms with Crippen molar-refractivity contribution < 1.29 is 31.3 Å². The Morgan fingerprint density at radius 3 is 2.48 bits per heavy atom. The number of nitro benzene ring substituents is 1. The van der Waals surface area contributed by atoms with Gasteiger partial charge in [0.25, 0.3) is 15.7 Å². The van der Waals surface area contributed by atoms with Crippen LogP contribution in [0.1, 0.15) is 5.56 Å². The molecule has 12 heteroatoms. The van der Waals surface area contributed by atoms with E-state index < -0.39 is 43.2 Å². The number of nitro groups is 1. The Morgan fingerprint density at radius 2 is 1.96 bits per heavy atom. The van der Waals surface area contributed by atoms with Gasteiger partial charge in [0.05, 0.1) is 17.0 Å². The fraction of sp³-hybridized carbons (Fsp3) is 0.364. The van der Waals surface area contributed by atoms with E-state index in [0.29, 0.717) is 16.4 Å². The predicted molar refractivity (Wildman–Crippen MR) is 69.9 cm³/mol. The molecule has 1 amide bonds. The molecule has 23 heavy (non-hydrogen) atoms. The van der Waals surface area contributed by atoms with Crippen molar-refractivity contribution in [1.82, 2.24) is 9.62 Å². The first-order valence-corrected chi connectivity index (χ1v) is 7.61. The van der Waals surface area contributed by atoms with Gasteiger partial charge in [-0.2, -0.15) is 13.2 Å². The van der Waals surface area contributed by atoms with E-state index in [1.165, 1.54) is 0 Å². The third kappa shape index (κ3) is 3.27. The van der Waals surface area contributed by atoms with Crippen LogP contribution in [0.3, 0.4) is 0 Å². The Balaban J connectivity index is 2.58. The summed E-state index contributed by atoms with van der Waals surface area (Å²) in [6.07, 6.45) is -4.86. The Bertz CT molecular complexity index is 763. The van der Waals surface area contributed by atoms with Crippen molar-refractivity contribution in [2.24, 2.45) is 0 Å². The van der Waals surface area contributed by atoms with E-state index in [-0.39, 0.29) is 25.7 Å². The van der Waals surface area contributed by atoms with Crippen molar-refractivity contribution in [3.8, 4) is 0 Å². The number of carbonyl (C=O) groups excluding carboxylic acids is 1. The Kier molecular flexibility index (Phi) is 4.30. The van der Waals surface area contributed by atoms with Crippen molar-refractivity contribution in [2.45, 2.75) is 11.1 Å². The number of piperazine rings is 1. The quantitative estimate of drug-likeness (QED) is 0.634. The number of halogens is 3. The summed E-state index contributed by atoms with van der Waals surface area (Å²) in [6.45, 7) is -0.410. The van der Waals surface area contributed by atoms with Crippen LogP contribution in [-0.2, 0) is 21.0 Å². The molecule has 0 radical (unpaired) electrons. The zero-order valence-electron chi connectivity index (χ0n) is 11.3. The molecule has 1 heterocycles. The van der Waals surface area contributed by atoms with Gasteiger partial charge in [0.1, 0.15) is 0 Å². The molecule has 1 N–H and O–H groups in total. The van der Waals surface area contributed by atoms with Crippen LogP contribution >= 0.6 is 0 Å². The van der Waals surface area contributed by atoms with Crippen molar-refractivity contribution in [3.63, 3.8) is 0 Å². The highest BCUT2D eigenvalue weighted by Gasteiger charge is 2.39. The minimum Gasteiger partial charge on any atom is -0.307 e. The summed E-state index contributed by atoms with van der Waals surface area (Å²) in [4.78, 5) is 20.4. The summed E-state index contributed by atoms with van der Waals surface area (Å²) in [7, 11) is -4.61. The lowest BCUT2D eigenvalue weighted by molar-refractivity contribution is -0.388. The minimum absolute atomic E-state index is 0.138. The third-order valence-electron chi connectivity index (χ3n) is 3.10. The molecule has 1 aromatic rings. The molecule has 1 fully saturated rings. The van der Waals surface area contributed by atoms with Gasteiger partial charge >= 0.3 is 6.18 Å². The molecule has 0 spiro atoms. The molecule has 1 aromatic carbocycles. The molecule has 0 atom stereocenters. The number of alkyl halides is 3. The number of carbonyl (C=O) groups is 1. The molecule has 126 valence electrons. The number of benzene rings is 1. The minimum atomic E-state index is -4.86. The van der Waals surface area contributed by atoms with Gasteiger partial charge in [0, 0.05) is 19.2 Å². The lowest BCUT2D eigenvalue weighted by Crippen LogP contribution is -2.50. The molecular weight excluding hydrogens is 343 g/mol. The molecule has 1 aliphatic rings. The van der Waals surface area contributed by atoms with Crippen LogP contribution in [0.4, 0.5) is 18.9 Å². The average molecular weight is 353 g/mol. The van der Waals surface area contributed by atoms with Crippen LogP contribution in [0.15, 0.2) is 23.1 Å². The van der Waals surface area contributed by atoms with Crippen LogP contribution in [0.25, 0.3) is 0 Å². The smallest absolute Gasteiger partial charge is 0.307 e. The fourth-order valence-electron chi connectivity index (χ4n) is 2.02. The van der Waals surface area contributed by atoms with Crippen molar-refractivity contribution in [3.05, 3.63) is 33.9 Å². The Hall–Kier alpha value is -2.21. The largest absolute Gasteiger partial charge is 0.416 e. The first-order valence-electron chi connectivity index (χ1n) is 6.17. The van der Waals surface area contributed by atoms with E-state index in [1.807, 2.05) is 0 Å². The molecule has 8 nitrogen and oxygen atoms in total. The second-order valence-corrected chi connectivity index (χ2v) is 6.42. The summed E-state index contributed by atoms with van der Waals surface area (Å²) in [5.74, 6) is -0.842. The molecular formula is C11H10F3N3O5S. The van der Waals surface area contributed by atoms with Gasteiger partial charge in [-0.05, 0) is 12.1 Å². The summed E-state index contributed by atoms with van der Waals surface area (Å²) in [6, 6.07) is 1.05. The van der Waals surface area contributed by atoms with Gasteiger partial charge in [0.15, 0.2) is 4.90 Å². The highest BCUT2D eigenvalue weighted by Crippen LogP contribution is 2.35. The third-order valence-corrected chi connectivity index (χ3v) is 4.96. The predicted octanol–water partition coefficient (Wildman–Crippen LogP) is 0.734. The van der Waals surface area contributed by atoms with Gasteiger partial charge in [-0.1, -0.05) is 0 Å².